The number of hydrogen-bond acceptors (Lipinski definition) is 23. The van der Waals surface area contributed by atoms with Gasteiger partial charge >= 0.3 is 58.3 Å². The van der Waals surface area contributed by atoms with Gasteiger partial charge in [0.15, 0.2) is 12.5 Å². The minimum absolute atomic E-state index is 0.589. The molecular weight excluding hydrogens is 922 g/mol. The fourth-order valence-electron chi connectivity index (χ4n) is 4.54. The summed E-state index contributed by atoms with van der Waals surface area (Å²) < 4.78 is 111. The number of H-pyrrole nitrogens is 2. The van der Waals surface area contributed by atoms with Gasteiger partial charge in [-0.25, -0.2) is 37.0 Å². The van der Waals surface area contributed by atoms with Crippen molar-refractivity contribution < 1.29 is 117 Å². The van der Waals surface area contributed by atoms with Crippen molar-refractivity contribution in [3.8, 4) is 0 Å². The zero-order valence-corrected chi connectivity index (χ0v) is 32.5. The Labute approximate surface area is 311 Å². The van der Waals surface area contributed by atoms with Crippen molar-refractivity contribution in [2.45, 2.75) is 49.1 Å². The fraction of sp³-hybridized carbons (Fsp3) is 0.556. The Morgan fingerprint density at radius 1 is 0.509 bits per heavy atom. The molecule has 0 radical (unpaired) electrons. The van der Waals surface area contributed by atoms with Crippen LogP contribution in [0.2, 0.25) is 0 Å². The second-order valence-corrected chi connectivity index (χ2v) is 20.3. The standard InChI is InChI=1S/C18H28N4O29P6/c23-9-1-3-21(17(29)19-9)15-13(27)11(25)7(45-15)5-43-52(31,32)47-54(35,36)49-56(39,40)51-57(41,42)50-55(37,38)48-53(33,34)44-6-8-12(26)14(28)16(46-8)22-4-2-10(24)20-18(22)30/h1-4,7-8,11-16,25-28H,5-6H2,(H,31,32)(H,33,34)(H,35,36)(H,37,38)(H,39,40)(H,41,42)(H,19,23,29)(H,20,24,30)/t7-,8-,11+,12+,13?,14?,15-,16-/m1/s1. The molecule has 2 aromatic rings. The average Bonchev–Trinajstić information content (AvgIpc) is 3.45. The van der Waals surface area contributed by atoms with Gasteiger partial charge in [0, 0.05) is 24.5 Å². The molecule has 2 aromatic heterocycles. The quantitative estimate of drug-likeness (QED) is 0.0634. The highest BCUT2D eigenvalue weighted by Gasteiger charge is 2.51. The number of aromatic nitrogens is 4. The van der Waals surface area contributed by atoms with Crippen LogP contribution in [-0.2, 0) is 67.5 Å². The summed E-state index contributed by atoms with van der Waals surface area (Å²) in [5.41, 5.74) is -3.97. The number of nitrogens with zero attached hydrogens (tertiary/aromatic N) is 2. The minimum Gasteiger partial charge on any atom is -0.387 e. The summed E-state index contributed by atoms with van der Waals surface area (Å²) in [5.74, 6) is 0. The molecule has 57 heavy (non-hydrogen) atoms. The fourth-order valence-corrected chi connectivity index (χ4v) is 12.4. The van der Waals surface area contributed by atoms with E-state index >= 15 is 0 Å². The summed E-state index contributed by atoms with van der Waals surface area (Å²) >= 11 is 0. The van der Waals surface area contributed by atoms with Crippen LogP contribution in [0.4, 0.5) is 0 Å². The molecule has 2 aliphatic rings. The van der Waals surface area contributed by atoms with E-state index in [0.717, 1.165) is 24.5 Å². The number of phosphoric acid groups is 6. The second kappa shape index (κ2) is 17.5. The topological polar surface area (TPSA) is 498 Å². The summed E-state index contributed by atoms with van der Waals surface area (Å²) in [6, 6.07) is 1.65. The first-order valence-corrected chi connectivity index (χ1v) is 23.4. The summed E-state index contributed by atoms with van der Waals surface area (Å²) in [6.07, 6.45) is -13.3. The van der Waals surface area contributed by atoms with Crippen LogP contribution < -0.4 is 22.5 Å². The number of nitrogens with one attached hydrogen (secondary N) is 2. The summed E-state index contributed by atoms with van der Waals surface area (Å²) in [6.45, 7) is -2.63. The Bertz CT molecular complexity index is 2180. The van der Waals surface area contributed by atoms with Crippen molar-refractivity contribution in [2.24, 2.45) is 0 Å². The summed E-state index contributed by atoms with van der Waals surface area (Å²) in [5, 5.41) is 40.7. The molecule has 324 valence electrons. The maximum atomic E-state index is 12.2. The highest BCUT2D eigenvalue weighted by molar-refractivity contribution is 7.72. The van der Waals surface area contributed by atoms with Gasteiger partial charge in [0.2, 0.25) is 0 Å². The van der Waals surface area contributed by atoms with Crippen LogP contribution in [-0.4, -0.2) is 119 Å². The minimum atomic E-state index is -6.63. The number of aliphatic hydroxyl groups excluding tert-OH is 4. The van der Waals surface area contributed by atoms with E-state index in [1.807, 2.05) is 9.97 Å². The van der Waals surface area contributed by atoms with Crippen LogP contribution in [0, 0.1) is 0 Å². The number of aromatic amines is 2. The number of rotatable bonds is 18. The van der Waals surface area contributed by atoms with E-state index in [1.165, 1.54) is 0 Å². The van der Waals surface area contributed by atoms with E-state index < -0.39 is 132 Å². The van der Waals surface area contributed by atoms with E-state index in [9.17, 15) is 96.4 Å². The van der Waals surface area contributed by atoms with Crippen LogP contribution in [0.5, 0.6) is 0 Å². The lowest BCUT2D eigenvalue weighted by Gasteiger charge is -2.22. The molecule has 0 bridgehead atoms. The molecule has 12 N–H and O–H groups in total. The van der Waals surface area contributed by atoms with Gasteiger partial charge in [-0.05, 0) is 0 Å². The first-order chi connectivity index (χ1) is 25.9. The molecule has 33 nitrogen and oxygen atoms in total. The lowest BCUT2D eigenvalue weighted by molar-refractivity contribution is -0.0542. The molecule has 39 heteroatoms. The van der Waals surface area contributed by atoms with Gasteiger partial charge < -0.3 is 59.3 Å². The van der Waals surface area contributed by atoms with Gasteiger partial charge in [0.1, 0.15) is 36.6 Å². The third-order valence-electron chi connectivity index (χ3n) is 6.76. The highest BCUT2D eigenvalue weighted by atomic mass is 31.3. The third-order valence-corrected chi connectivity index (χ3v) is 16.0. The zero-order valence-electron chi connectivity index (χ0n) is 27.1. The Morgan fingerprint density at radius 2 is 0.789 bits per heavy atom. The first-order valence-electron chi connectivity index (χ1n) is 14.4. The van der Waals surface area contributed by atoms with Gasteiger partial charge in [-0.15, -0.1) is 0 Å². The Kier molecular flexibility index (Phi) is 14.7. The molecule has 0 aliphatic carbocycles. The third kappa shape index (κ3) is 13.0. The first kappa shape index (κ1) is 47.7. The highest BCUT2D eigenvalue weighted by Crippen LogP contribution is 2.75. The van der Waals surface area contributed by atoms with E-state index in [1.54, 1.807) is 0 Å². The molecule has 2 saturated heterocycles. The van der Waals surface area contributed by atoms with E-state index in [-0.39, 0.29) is 0 Å². The molecule has 14 atom stereocenters. The van der Waals surface area contributed by atoms with Crippen molar-refractivity contribution >= 4 is 46.9 Å². The molecule has 4 rings (SSSR count). The number of hydrogen-bond donors (Lipinski definition) is 12. The molecule has 2 aliphatic heterocycles. The Balaban J connectivity index is 1.30. The zero-order chi connectivity index (χ0) is 43.1. The maximum absolute atomic E-state index is 12.2. The van der Waals surface area contributed by atoms with Crippen LogP contribution in [0.15, 0.2) is 43.7 Å². The van der Waals surface area contributed by atoms with Gasteiger partial charge in [0.25, 0.3) is 11.1 Å². The van der Waals surface area contributed by atoms with Crippen LogP contribution in [0.25, 0.3) is 0 Å². The lowest BCUT2D eigenvalue weighted by Crippen LogP contribution is -2.37. The Hall–Kier alpha value is -2.02. The van der Waals surface area contributed by atoms with Crippen molar-refractivity contribution in [3.05, 3.63) is 66.2 Å². The molecule has 0 aromatic carbocycles. The summed E-state index contributed by atoms with van der Waals surface area (Å²) in [4.78, 5) is 108. The van der Waals surface area contributed by atoms with E-state index in [2.05, 4.69) is 30.6 Å². The van der Waals surface area contributed by atoms with Gasteiger partial charge in [-0.3, -0.25) is 37.7 Å². The van der Waals surface area contributed by atoms with Gasteiger partial charge in [-0.1, -0.05) is 0 Å². The average molecular weight is 950 g/mol. The molecule has 2 fully saturated rings. The molecular formula is C18H28N4O29P6. The smallest absolute Gasteiger partial charge is 0.387 e. The lowest BCUT2D eigenvalue weighted by atomic mass is 10.1. The normalized spacial score (nSPS) is 31.6. The second-order valence-electron chi connectivity index (χ2n) is 10.9. The monoisotopic (exact) mass is 950 g/mol. The maximum Gasteiger partial charge on any atom is 0.490 e. The van der Waals surface area contributed by atoms with Crippen molar-refractivity contribution in [1.29, 1.82) is 0 Å². The predicted molar refractivity (Wildman–Crippen MR) is 171 cm³/mol. The van der Waals surface area contributed by atoms with Crippen LogP contribution in [0.3, 0.4) is 0 Å². The molecule has 4 heterocycles. The van der Waals surface area contributed by atoms with E-state index in [4.69, 9.17) is 9.47 Å². The molecule has 0 spiro atoms. The SMILES string of the molecule is O=c1ccn([C@@H]2O[C@H](COP(=O)(O)OP(=O)(O)OP(=O)(O)OP(=O)(O)OP(=O)(O)OP(=O)(O)OC[C@H]3O[C@@H](n4ccc(=O)[nH]c4=O)C(O)[C@H]3O)[C@H](O)C2O)c(=O)[nH]1. The number of phosphoric ester groups is 2. The van der Waals surface area contributed by atoms with Crippen LogP contribution >= 0.6 is 46.9 Å². The number of aliphatic hydroxyl groups is 4. The Morgan fingerprint density at radius 3 is 1.07 bits per heavy atom. The van der Waals surface area contributed by atoms with Crippen LogP contribution in [0.1, 0.15) is 12.5 Å². The van der Waals surface area contributed by atoms with Gasteiger partial charge in [-0.2, -0.15) is 21.6 Å². The van der Waals surface area contributed by atoms with Crippen molar-refractivity contribution in [3.63, 3.8) is 0 Å². The molecule has 8 unspecified atom stereocenters. The van der Waals surface area contributed by atoms with Gasteiger partial charge in [0.05, 0.1) is 13.2 Å². The molecule has 0 amide bonds. The van der Waals surface area contributed by atoms with Crippen molar-refractivity contribution in [2.75, 3.05) is 13.2 Å². The molecule has 0 saturated carbocycles. The summed E-state index contributed by atoms with van der Waals surface area (Å²) in [7, 11) is -38.2. The predicted octanol–water partition coefficient (Wildman–Crippen LogP) is -3.96. The van der Waals surface area contributed by atoms with E-state index in [0.29, 0.717) is 9.13 Å². The number of ether oxygens (including phenoxy) is 2. The van der Waals surface area contributed by atoms with Crippen molar-refractivity contribution in [1.82, 2.24) is 19.1 Å². The largest absolute Gasteiger partial charge is 0.490 e.